The Morgan fingerprint density at radius 1 is 0.939 bits per heavy atom. The zero-order valence-electron chi connectivity index (χ0n) is 20.0. The molecular formula is C27H37N3O3. The first-order valence-corrected chi connectivity index (χ1v) is 12.3. The van der Waals surface area contributed by atoms with E-state index in [1.807, 2.05) is 13.0 Å². The van der Waals surface area contributed by atoms with Gasteiger partial charge >= 0.3 is 6.03 Å². The predicted molar refractivity (Wildman–Crippen MR) is 135 cm³/mol. The van der Waals surface area contributed by atoms with Crippen molar-refractivity contribution in [3.8, 4) is 17.2 Å². The smallest absolute Gasteiger partial charge is 0.319 e. The van der Waals surface area contributed by atoms with Gasteiger partial charge in [-0.3, -0.25) is 0 Å². The minimum absolute atomic E-state index is 0.131. The highest BCUT2D eigenvalue weighted by molar-refractivity contribution is 5.92. The van der Waals surface area contributed by atoms with Gasteiger partial charge in [-0.15, -0.1) is 0 Å². The van der Waals surface area contributed by atoms with Gasteiger partial charge < -0.3 is 20.2 Å². The molecule has 0 radical (unpaired) electrons. The van der Waals surface area contributed by atoms with Crippen molar-refractivity contribution in [2.75, 3.05) is 11.9 Å². The first-order valence-electron chi connectivity index (χ1n) is 12.3. The summed E-state index contributed by atoms with van der Waals surface area (Å²) in [6.07, 6.45) is 12.7. The summed E-state index contributed by atoms with van der Waals surface area (Å²) in [5.74, 6) is 0.483. The zero-order chi connectivity index (χ0) is 23.5. The van der Waals surface area contributed by atoms with E-state index in [4.69, 9.17) is 4.42 Å². The normalized spacial score (nSPS) is 11.1. The van der Waals surface area contributed by atoms with Crippen LogP contribution in [-0.4, -0.2) is 22.7 Å². The molecule has 0 spiro atoms. The number of carbonyl (C=O) groups is 1. The maximum atomic E-state index is 12.2. The lowest BCUT2D eigenvalue weighted by Gasteiger charge is -2.07. The number of unbranched alkanes of at least 4 members (excludes halogenated alkanes) is 9. The van der Waals surface area contributed by atoms with Gasteiger partial charge in [0, 0.05) is 12.2 Å². The number of phenolic OH excluding ortho intramolecular Hbond substituents is 1. The molecule has 2 amide bonds. The molecule has 3 N–H and O–H groups in total. The molecule has 0 saturated carbocycles. The molecule has 0 atom stereocenters. The number of aromatic nitrogens is 1. The molecule has 0 aliphatic carbocycles. The second-order valence-electron chi connectivity index (χ2n) is 8.79. The van der Waals surface area contributed by atoms with Gasteiger partial charge in [0.2, 0.25) is 5.89 Å². The van der Waals surface area contributed by atoms with Crippen molar-refractivity contribution in [2.24, 2.45) is 0 Å². The Bertz CT molecular complexity index is 1030. The molecule has 0 fully saturated rings. The Balaban J connectivity index is 1.38. The SMILES string of the molecule is CCCCCCCCCCCCNC(=O)Nc1ccc2oc(-c3ccc(C)cc3O)nc2c1. The topological polar surface area (TPSA) is 87.4 Å². The Morgan fingerprint density at radius 2 is 1.64 bits per heavy atom. The molecule has 6 nitrogen and oxygen atoms in total. The van der Waals surface area contributed by atoms with E-state index in [-0.39, 0.29) is 11.8 Å². The molecule has 0 aliphatic rings. The molecule has 0 bridgehead atoms. The predicted octanol–water partition coefficient (Wildman–Crippen LogP) is 7.55. The summed E-state index contributed by atoms with van der Waals surface area (Å²) < 4.78 is 5.78. The molecule has 0 unspecified atom stereocenters. The number of fused-ring (bicyclic) bond motifs is 1. The van der Waals surface area contributed by atoms with E-state index >= 15 is 0 Å². The summed E-state index contributed by atoms with van der Waals surface area (Å²) in [5.41, 5.74) is 3.37. The number of hydrogen-bond donors (Lipinski definition) is 3. The Labute approximate surface area is 196 Å². The van der Waals surface area contributed by atoms with Crippen LogP contribution >= 0.6 is 0 Å². The zero-order valence-corrected chi connectivity index (χ0v) is 20.0. The van der Waals surface area contributed by atoms with E-state index in [1.54, 1.807) is 30.3 Å². The average molecular weight is 452 g/mol. The fourth-order valence-electron chi connectivity index (χ4n) is 3.93. The first kappa shape index (κ1) is 24.6. The summed E-state index contributed by atoms with van der Waals surface area (Å²) >= 11 is 0. The number of nitrogens with one attached hydrogen (secondary N) is 2. The number of nitrogens with zero attached hydrogens (tertiary/aromatic N) is 1. The summed E-state index contributed by atoms with van der Waals surface area (Å²) in [7, 11) is 0. The summed E-state index contributed by atoms with van der Waals surface area (Å²) in [5, 5.41) is 16.0. The van der Waals surface area contributed by atoms with Crippen LogP contribution in [0, 0.1) is 6.92 Å². The molecule has 1 aromatic heterocycles. The van der Waals surface area contributed by atoms with Crippen LogP contribution in [0.2, 0.25) is 0 Å². The molecule has 0 aliphatic heterocycles. The van der Waals surface area contributed by atoms with Gasteiger partial charge in [-0.2, -0.15) is 0 Å². The second kappa shape index (κ2) is 12.9. The number of carbonyl (C=O) groups excluding carboxylic acids is 1. The van der Waals surface area contributed by atoms with Gasteiger partial charge in [0.1, 0.15) is 11.3 Å². The Kier molecular flexibility index (Phi) is 9.60. The third-order valence-corrected chi connectivity index (χ3v) is 5.84. The van der Waals surface area contributed by atoms with E-state index in [9.17, 15) is 9.90 Å². The molecular weight excluding hydrogens is 414 g/mol. The number of urea groups is 1. The van der Waals surface area contributed by atoms with Crippen LogP contribution in [0.1, 0.15) is 76.7 Å². The summed E-state index contributed by atoms with van der Waals surface area (Å²) in [4.78, 5) is 16.7. The molecule has 6 heteroatoms. The lowest BCUT2D eigenvalue weighted by molar-refractivity contribution is 0.252. The standard InChI is InChI=1S/C27H37N3O3/c1-3-4-5-6-7-8-9-10-11-12-17-28-27(32)29-21-14-16-25-23(19-21)30-26(33-25)22-15-13-20(2)18-24(22)31/h13-16,18-19,31H,3-12,17H2,1-2H3,(H2,28,29,32). The van der Waals surface area contributed by atoms with Crippen LogP contribution in [-0.2, 0) is 0 Å². The van der Waals surface area contributed by atoms with Gasteiger partial charge in [-0.25, -0.2) is 9.78 Å². The van der Waals surface area contributed by atoms with Gasteiger partial charge in [0.15, 0.2) is 5.58 Å². The van der Waals surface area contributed by atoms with E-state index in [1.165, 1.54) is 51.4 Å². The van der Waals surface area contributed by atoms with E-state index in [0.29, 0.717) is 34.8 Å². The number of aromatic hydroxyl groups is 1. The number of anilines is 1. The van der Waals surface area contributed by atoms with Gasteiger partial charge in [0.25, 0.3) is 0 Å². The van der Waals surface area contributed by atoms with Crippen molar-refractivity contribution in [1.29, 1.82) is 0 Å². The molecule has 1 heterocycles. The maximum absolute atomic E-state index is 12.2. The van der Waals surface area contributed by atoms with Gasteiger partial charge in [0.05, 0.1) is 5.56 Å². The number of amides is 2. The minimum Gasteiger partial charge on any atom is -0.507 e. The molecule has 3 aromatic rings. The maximum Gasteiger partial charge on any atom is 0.319 e. The number of benzene rings is 2. The lowest BCUT2D eigenvalue weighted by atomic mass is 10.1. The highest BCUT2D eigenvalue weighted by Gasteiger charge is 2.13. The largest absolute Gasteiger partial charge is 0.507 e. The van der Waals surface area contributed by atoms with E-state index in [0.717, 1.165) is 18.4 Å². The fraction of sp³-hybridized carbons (Fsp3) is 0.481. The molecule has 33 heavy (non-hydrogen) atoms. The quantitative estimate of drug-likeness (QED) is 0.234. The van der Waals surface area contributed by atoms with Gasteiger partial charge in [-0.1, -0.05) is 70.8 Å². The Hall–Kier alpha value is -3.02. The number of hydrogen-bond acceptors (Lipinski definition) is 4. The minimum atomic E-state index is -0.217. The average Bonchev–Trinajstić information content (AvgIpc) is 3.20. The van der Waals surface area contributed by atoms with E-state index < -0.39 is 0 Å². The van der Waals surface area contributed by atoms with E-state index in [2.05, 4.69) is 22.5 Å². The fourth-order valence-corrected chi connectivity index (χ4v) is 3.93. The van der Waals surface area contributed by atoms with Crippen molar-refractivity contribution in [1.82, 2.24) is 10.3 Å². The number of aryl methyl sites for hydroxylation is 1. The highest BCUT2D eigenvalue weighted by Crippen LogP contribution is 2.32. The first-order chi connectivity index (χ1) is 16.1. The van der Waals surface area contributed by atoms with Crippen LogP contribution in [0.15, 0.2) is 40.8 Å². The second-order valence-corrected chi connectivity index (χ2v) is 8.79. The number of oxazole rings is 1. The monoisotopic (exact) mass is 451 g/mol. The van der Waals surface area contributed by atoms with Crippen molar-refractivity contribution >= 4 is 22.8 Å². The summed E-state index contributed by atoms with van der Waals surface area (Å²) in [6, 6.07) is 10.5. The third-order valence-electron chi connectivity index (χ3n) is 5.84. The lowest BCUT2D eigenvalue weighted by Crippen LogP contribution is -2.29. The molecule has 3 rings (SSSR count). The van der Waals surface area contributed by atoms with Crippen LogP contribution < -0.4 is 10.6 Å². The molecule has 178 valence electrons. The summed E-state index contributed by atoms with van der Waals surface area (Å²) in [6.45, 7) is 4.83. The molecule has 0 saturated heterocycles. The van der Waals surface area contributed by atoms with Crippen LogP contribution in [0.25, 0.3) is 22.6 Å². The van der Waals surface area contributed by atoms with Crippen molar-refractivity contribution in [3.05, 3.63) is 42.0 Å². The van der Waals surface area contributed by atoms with Gasteiger partial charge in [-0.05, 0) is 49.2 Å². The van der Waals surface area contributed by atoms with Crippen LogP contribution in [0.3, 0.4) is 0 Å². The highest BCUT2D eigenvalue weighted by atomic mass is 16.3. The molecule has 2 aromatic carbocycles. The van der Waals surface area contributed by atoms with Crippen molar-refractivity contribution < 1.29 is 14.3 Å². The number of phenols is 1. The van der Waals surface area contributed by atoms with Crippen LogP contribution in [0.5, 0.6) is 5.75 Å². The van der Waals surface area contributed by atoms with Crippen molar-refractivity contribution in [2.45, 2.75) is 78.1 Å². The van der Waals surface area contributed by atoms with Crippen LogP contribution in [0.4, 0.5) is 10.5 Å². The number of rotatable bonds is 13. The van der Waals surface area contributed by atoms with Crippen molar-refractivity contribution in [3.63, 3.8) is 0 Å². The third kappa shape index (κ3) is 7.81. The Morgan fingerprint density at radius 3 is 2.33 bits per heavy atom.